The van der Waals surface area contributed by atoms with E-state index in [1.807, 2.05) is 0 Å². The quantitative estimate of drug-likeness (QED) is 0.0343. The molecule has 0 heterocycles. The Bertz CT molecular complexity index is 1010. The number of hydrogen-bond acceptors (Lipinski definition) is 6. The topological polar surface area (TPSA) is 78.9 Å². The van der Waals surface area contributed by atoms with Gasteiger partial charge in [-0.1, -0.05) is 323 Å². The van der Waals surface area contributed by atoms with E-state index in [-0.39, 0.29) is 31.1 Å². The molecule has 0 rings (SSSR count). The van der Waals surface area contributed by atoms with E-state index in [4.69, 9.17) is 14.2 Å². The monoisotopic (exact) mass is 961 g/mol. The van der Waals surface area contributed by atoms with Crippen LogP contribution in [0.4, 0.5) is 0 Å². The number of unbranched alkanes of at least 4 members (excludes halogenated alkanes) is 47. The Labute approximate surface area is 425 Å². The van der Waals surface area contributed by atoms with Crippen molar-refractivity contribution in [2.75, 3.05) is 13.2 Å². The Kier molecular flexibility index (Phi) is 56.6. The van der Waals surface area contributed by atoms with E-state index in [0.717, 1.165) is 57.8 Å². The van der Waals surface area contributed by atoms with Gasteiger partial charge in [0.1, 0.15) is 13.2 Å². The highest BCUT2D eigenvalue weighted by atomic mass is 16.6. The number of rotatable bonds is 58. The first kappa shape index (κ1) is 66.4. The highest BCUT2D eigenvalue weighted by Crippen LogP contribution is 2.18. The molecular weight excluding hydrogens is 841 g/mol. The Hall–Kier alpha value is -1.59. The van der Waals surface area contributed by atoms with E-state index in [0.29, 0.717) is 19.3 Å². The zero-order chi connectivity index (χ0) is 49.3. The van der Waals surface area contributed by atoms with Crippen LogP contribution in [-0.2, 0) is 28.6 Å². The third kappa shape index (κ3) is 55.3. The number of carbonyl (C=O) groups is 3. The van der Waals surface area contributed by atoms with Crippen LogP contribution in [0, 0.1) is 0 Å². The molecule has 0 saturated heterocycles. The van der Waals surface area contributed by atoms with Crippen LogP contribution in [0.1, 0.15) is 361 Å². The molecule has 0 aliphatic rings. The first-order valence-electron chi connectivity index (χ1n) is 31.0. The lowest BCUT2D eigenvalue weighted by atomic mass is 10.0. The molecule has 0 saturated carbocycles. The number of esters is 3. The van der Waals surface area contributed by atoms with Gasteiger partial charge in [-0.2, -0.15) is 0 Å². The summed E-state index contributed by atoms with van der Waals surface area (Å²) in [6, 6.07) is 0. The lowest BCUT2D eigenvalue weighted by Crippen LogP contribution is -2.30. The molecule has 0 aromatic heterocycles. The second-order valence-electron chi connectivity index (χ2n) is 21.3. The fourth-order valence-electron chi connectivity index (χ4n) is 9.68. The molecule has 0 radical (unpaired) electrons. The summed E-state index contributed by atoms with van der Waals surface area (Å²) < 4.78 is 16.9. The first-order valence-corrected chi connectivity index (χ1v) is 31.0. The maximum Gasteiger partial charge on any atom is 0.306 e. The lowest BCUT2D eigenvalue weighted by molar-refractivity contribution is -0.167. The zero-order valence-corrected chi connectivity index (χ0v) is 46.4. The van der Waals surface area contributed by atoms with Gasteiger partial charge in [-0.05, 0) is 19.3 Å². The van der Waals surface area contributed by atoms with Crippen LogP contribution in [-0.4, -0.2) is 37.2 Å². The van der Waals surface area contributed by atoms with Crippen molar-refractivity contribution in [2.24, 2.45) is 0 Å². The molecule has 68 heavy (non-hydrogen) atoms. The van der Waals surface area contributed by atoms with Crippen LogP contribution < -0.4 is 0 Å². The van der Waals surface area contributed by atoms with Gasteiger partial charge in [0.05, 0.1) is 0 Å². The molecular formula is C62H120O6. The molecule has 0 aromatic rings. The number of carbonyl (C=O) groups excluding carboxylic acids is 3. The van der Waals surface area contributed by atoms with Crippen LogP contribution in [0.3, 0.4) is 0 Å². The number of ether oxygens (including phenoxy) is 3. The molecule has 404 valence electrons. The van der Waals surface area contributed by atoms with Crippen molar-refractivity contribution >= 4 is 17.9 Å². The van der Waals surface area contributed by atoms with Gasteiger partial charge in [0.2, 0.25) is 0 Å². The third-order valence-electron chi connectivity index (χ3n) is 14.4. The maximum atomic E-state index is 12.9. The van der Waals surface area contributed by atoms with Gasteiger partial charge in [-0.15, -0.1) is 0 Å². The van der Waals surface area contributed by atoms with Crippen molar-refractivity contribution in [1.29, 1.82) is 0 Å². The molecule has 1 atom stereocenters. The van der Waals surface area contributed by atoms with Gasteiger partial charge in [0, 0.05) is 19.3 Å². The van der Waals surface area contributed by atoms with E-state index in [2.05, 4.69) is 20.8 Å². The van der Waals surface area contributed by atoms with Crippen LogP contribution in [0.2, 0.25) is 0 Å². The summed E-state index contributed by atoms with van der Waals surface area (Å²) >= 11 is 0. The SMILES string of the molecule is CCCCCCCCCCCCCCCCCCCCCCCC(=O)OCC(COC(=O)CCCCCCCCCC)OC(=O)CCCCCCCCCCCCCCCCCCCCCCC. The summed E-state index contributed by atoms with van der Waals surface area (Å²) in [4.78, 5) is 38.1. The molecule has 0 amide bonds. The van der Waals surface area contributed by atoms with Crippen LogP contribution >= 0.6 is 0 Å². The van der Waals surface area contributed by atoms with Crippen molar-refractivity contribution in [1.82, 2.24) is 0 Å². The van der Waals surface area contributed by atoms with Crippen LogP contribution in [0.15, 0.2) is 0 Å². The summed E-state index contributed by atoms with van der Waals surface area (Å²) in [6.45, 7) is 6.69. The Morgan fingerprint density at radius 3 is 0.588 bits per heavy atom. The molecule has 0 aliphatic heterocycles. The van der Waals surface area contributed by atoms with Gasteiger partial charge in [-0.25, -0.2) is 0 Å². The predicted molar refractivity (Wildman–Crippen MR) is 294 cm³/mol. The first-order chi connectivity index (χ1) is 33.5. The second-order valence-corrected chi connectivity index (χ2v) is 21.3. The highest BCUT2D eigenvalue weighted by molar-refractivity contribution is 5.71. The minimum absolute atomic E-state index is 0.0613. The maximum absolute atomic E-state index is 12.9. The molecule has 6 heteroatoms. The standard InChI is InChI=1S/C62H120O6/c1-4-7-10-13-16-19-21-23-25-27-29-31-33-35-37-39-41-43-46-49-52-55-61(64)67-58-59(57-66-60(63)54-51-48-45-18-15-12-9-6-3)68-62(65)56-53-50-47-44-42-40-38-36-34-32-30-28-26-24-22-20-17-14-11-8-5-2/h59H,4-58H2,1-3H3. The van der Waals surface area contributed by atoms with E-state index in [9.17, 15) is 14.4 Å². The van der Waals surface area contributed by atoms with Crippen molar-refractivity contribution in [3.63, 3.8) is 0 Å². The average Bonchev–Trinajstić information content (AvgIpc) is 3.34. The smallest absolute Gasteiger partial charge is 0.306 e. The van der Waals surface area contributed by atoms with E-state index in [1.165, 1.54) is 263 Å². The molecule has 0 aromatic carbocycles. The van der Waals surface area contributed by atoms with E-state index < -0.39 is 6.10 Å². The minimum atomic E-state index is -0.761. The summed E-state index contributed by atoms with van der Waals surface area (Å²) in [7, 11) is 0. The summed E-state index contributed by atoms with van der Waals surface area (Å²) in [5, 5.41) is 0. The molecule has 0 aliphatic carbocycles. The van der Waals surface area contributed by atoms with Crippen molar-refractivity contribution in [3.8, 4) is 0 Å². The van der Waals surface area contributed by atoms with E-state index >= 15 is 0 Å². The molecule has 0 fully saturated rings. The predicted octanol–water partition coefficient (Wildman–Crippen LogP) is 20.7. The van der Waals surface area contributed by atoms with Gasteiger partial charge >= 0.3 is 17.9 Å². The van der Waals surface area contributed by atoms with Crippen LogP contribution in [0.5, 0.6) is 0 Å². The summed E-state index contributed by atoms with van der Waals surface area (Å²) in [5.41, 5.74) is 0. The fourth-order valence-corrected chi connectivity index (χ4v) is 9.68. The minimum Gasteiger partial charge on any atom is -0.462 e. The normalized spacial score (nSPS) is 11.9. The fraction of sp³-hybridized carbons (Fsp3) is 0.952. The zero-order valence-electron chi connectivity index (χ0n) is 46.4. The largest absolute Gasteiger partial charge is 0.462 e. The highest BCUT2D eigenvalue weighted by Gasteiger charge is 2.19. The Morgan fingerprint density at radius 2 is 0.397 bits per heavy atom. The third-order valence-corrected chi connectivity index (χ3v) is 14.4. The molecule has 1 unspecified atom stereocenters. The van der Waals surface area contributed by atoms with Gasteiger partial charge in [0.15, 0.2) is 6.10 Å². The summed E-state index contributed by atoms with van der Waals surface area (Å²) in [6.07, 6.45) is 65.5. The number of hydrogen-bond donors (Lipinski definition) is 0. The molecule has 6 nitrogen and oxygen atoms in total. The van der Waals surface area contributed by atoms with Gasteiger partial charge < -0.3 is 14.2 Å². The van der Waals surface area contributed by atoms with E-state index in [1.54, 1.807) is 0 Å². The molecule has 0 bridgehead atoms. The van der Waals surface area contributed by atoms with Crippen molar-refractivity contribution < 1.29 is 28.6 Å². The lowest BCUT2D eigenvalue weighted by Gasteiger charge is -2.18. The Morgan fingerprint density at radius 1 is 0.235 bits per heavy atom. The van der Waals surface area contributed by atoms with Crippen molar-refractivity contribution in [3.05, 3.63) is 0 Å². The van der Waals surface area contributed by atoms with Crippen molar-refractivity contribution in [2.45, 2.75) is 367 Å². The Balaban J connectivity index is 4.12. The van der Waals surface area contributed by atoms with Crippen LogP contribution in [0.25, 0.3) is 0 Å². The summed E-state index contributed by atoms with van der Waals surface area (Å²) in [5.74, 6) is -0.835. The van der Waals surface area contributed by atoms with Gasteiger partial charge in [0.25, 0.3) is 0 Å². The average molecular weight is 962 g/mol. The second kappa shape index (κ2) is 58.0. The molecule has 0 N–H and O–H groups in total. The molecule has 0 spiro atoms. The van der Waals surface area contributed by atoms with Gasteiger partial charge in [-0.3, -0.25) is 14.4 Å².